The van der Waals surface area contributed by atoms with Crippen LogP contribution in [0, 0.1) is 40.5 Å². The second-order valence-corrected chi connectivity index (χ2v) is 7.08. The second kappa shape index (κ2) is 8.48. The van der Waals surface area contributed by atoms with Crippen molar-refractivity contribution in [2.45, 2.75) is 27.1 Å². The van der Waals surface area contributed by atoms with E-state index in [-0.39, 0.29) is 0 Å². The number of benzene rings is 1. The van der Waals surface area contributed by atoms with Gasteiger partial charge in [0, 0.05) is 7.11 Å². The van der Waals surface area contributed by atoms with E-state index in [1.165, 1.54) is 0 Å². The van der Waals surface area contributed by atoms with Gasteiger partial charge in [0.25, 0.3) is 0 Å². The molecule has 1 saturated carbocycles. The van der Waals surface area contributed by atoms with E-state index in [2.05, 4.69) is 9.47 Å². The van der Waals surface area contributed by atoms with Crippen molar-refractivity contribution in [3.63, 3.8) is 0 Å². The third kappa shape index (κ3) is 4.26. The average molecular weight is 422 g/mol. The Morgan fingerprint density at radius 1 is 0.966 bits per heavy atom. The minimum Gasteiger partial charge on any atom is -0.464 e. The van der Waals surface area contributed by atoms with Gasteiger partial charge < -0.3 is 14.2 Å². The Kier molecular flexibility index (Phi) is 6.67. The molecule has 10 heteroatoms. The molecule has 1 fully saturated rings. The standard InChI is InChI=1S/C19H19F5O5/c1-19(2)10(5-11(20)17(25)28-4)12(19)18(26)29-7-9-15(23)13(21)8(6-27-3)14(22)16(9)24/h5,10,12H,6-7H2,1-4H3/b11-5-. The van der Waals surface area contributed by atoms with Crippen molar-refractivity contribution in [1.82, 2.24) is 0 Å². The van der Waals surface area contributed by atoms with Crippen molar-refractivity contribution < 1.29 is 45.8 Å². The number of esters is 2. The Morgan fingerprint density at radius 3 is 1.90 bits per heavy atom. The van der Waals surface area contributed by atoms with Gasteiger partial charge in [0.05, 0.1) is 30.8 Å². The summed E-state index contributed by atoms with van der Waals surface area (Å²) in [6, 6.07) is 0. The van der Waals surface area contributed by atoms with Gasteiger partial charge in [0.1, 0.15) is 6.61 Å². The SMILES string of the molecule is COCc1c(F)c(F)c(COC(=O)C2C(/C=C(\F)C(=O)OC)C2(C)C)c(F)c1F. The molecule has 2 rings (SSSR count). The third-order valence-corrected chi connectivity index (χ3v) is 4.96. The van der Waals surface area contributed by atoms with Gasteiger partial charge in [-0.1, -0.05) is 13.8 Å². The van der Waals surface area contributed by atoms with Crippen LogP contribution in [0.15, 0.2) is 11.9 Å². The number of carbonyl (C=O) groups excluding carboxylic acids is 2. The molecule has 0 bridgehead atoms. The highest BCUT2D eigenvalue weighted by Crippen LogP contribution is 2.60. The average Bonchev–Trinajstić information content (AvgIpc) is 3.22. The minimum atomic E-state index is -1.70. The van der Waals surface area contributed by atoms with E-state index in [0.29, 0.717) is 0 Å². The van der Waals surface area contributed by atoms with E-state index in [4.69, 9.17) is 4.74 Å². The Hall–Kier alpha value is -2.49. The maximum atomic E-state index is 14.1. The molecule has 0 radical (unpaired) electrons. The molecule has 0 aromatic heterocycles. The summed E-state index contributed by atoms with van der Waals surface area (Å²) >= 11 is 0. The molecule has 0 N–H and O–H groups in total. The van der Waals surface area contributed by atoms with E-state index in [0.717, 1.165) is 20.3 Å². The van der Waals surface area contributed by atoms with Crippen LogP contribution in [0.2, 0.25) is 0 Å². The van der Waals surface area contributed by atoms with Gasteiger partial charge in [-0.15, -0.1) is 0 Å². The first kappa shape index (κ1) is 22.8. The maximum Gasteiger partial charge on any atom is 0.366 e. The Morgan fingerprint density at radius 2 is 1.45 bits per heavy atom. The smallest absolute Gasteiger partial charge is 0.366 e. The molecule has 0 aliphatic heterocycles. The second-order valence-electron chi connectivity index (χ2n) is 7.08. The first-order chi connectivity index (χ1) is 13.5. The number of ether oxygens (including phenoxy) is 3. The van der Waals surface area contributed by atoms with Crippen LogP contribution >= 0.6 is 0 Å². The van der Waals surface area contributed by atoms with Gasteiger partial charge in [0.15, 0.2) is 23.3 Å². The topological polar surface area (TPSA) is 61.8 Å². The lowest BCUT2D eigenvalue weighted by Gasteiger charge is -2.12. The molecule has 1 aliphatic rings. The van der Waals surface area contributed by atoms with E-state index in [9.17, 15) is 31.5 Å². The number of carbonyl (C=O) groups is 2. The normalized spacial score (nSPS) is 20.4. The lowest BCUT2D eigenvalue weighted by molar-refractivity contribution is -0.147. The summed E-state index contributed by atoms with van der Waals surface area (Å²) in [5, 5.41) is 0. The van der Waals surface area contributed by atoms with Crippen LogP contribution in [-0.2, 0) is 37.0 Å². The molecular weight excluding hydrogens is 403 g/mol. The van der Waals surface area contributed by atoms with Crippen molar-refractivity contribution in [1.29, 1.82) is 0 Å². The molecule has 1 aromatic rings. The lowest BCUT2D eigenvalue weighted by atomic mass is 10.1. The molecule has 0 saturated heterocycles. The summed E-state index contributed by atoms with van der Waals surface area (Å²) < 4.78 is 83.2. The van der Waals surface area contributed by atoms with Crippen LogP contribution in [0.5, 0.6) is 0 Å². The number of rotatable bonds is 7. The third-order valence-electron chi connectivity index (χ3n) is 4.96. The van der Waals surface area contributed by atoms with Crippen LogP contribution in [-0.4, -0.2) is 26.2 Å². The zero-order valence-electron chi connectivity index (χ0n) is 16.1. The van der Waals surface area contributed by atoms with Crippen molar-refractivity contribution in [3.05, 3.63) is 46.3 Å². The van der Waals surface area contributed by atoms with Crippen molar-refractivity contribution in [3.8, 4) is 0 Å². The quantitative estimate of drug-likeness (QED) is 0.290. The Balaban J connectivity index is 2.17. The van der Waals surface area contributed by atoms with E-state index in [1.54, 1.807) is 13.8 Å². The van der Waals surface area contributed by atoms with Gasteiger partial charge in [-0.25, -0.2) is 22.4 Å². The summed E-state index contributed by atoms with van der Waals surface area (Å²) in [5.41, 5.74) is -2.83. The molecule has 1 aliphatic carbocycles. The molecule has 29 heavy (non-hydrogen) atoms. The van der Waals surface area contributed by atoms with E-state index >= 15 is 0 Å². The van der Waals surface area contributed by atoms with Gasteiger partial charge >= 0.3 is 11.9 Å². The predicted octanol–water partition coefficient (Wildman–Crippen LogP) is 3.73. The van der Waals surface area contributed by atoms with E-state index < -0.39 is 82.6 Å². The molecule has 5 nitrogen and oxygen atoms in total. The fraction of sp³-hybridized carbons (Fsp3) is 0.474. The number of hydrogen-bond donors (Lipinski definition) is 0. The minimum absolute atomic E-state index is 0.693. The molecule has 2 atom stereocenters. The monoisotopic (exact) mass is 422 g/mol. The fourth-order valence-corrected chi connectivity index (χ4v) is 3.12. The largest absolute Gasteiger partial charge is 0.464 e. The highest BCUT2D eigenvalue weighted by Gasteiger charge is 2.62. The molecule has 1 aromatic carbocycles. The number of methoxy groups -OCH3 is 2. The molecule has 0 spiro atoms. The van der Waals surface area contributed by atoms with Crippen molar-refractivity contribution in [2.75, 3.05) is 14.2 Å². The zero-order chi connectivity index (χ0) is 22.1. The molecule has 0 amide bonds. The first-order valence-corrected chi connectivity index (χ1v) is 8.43. The summed E-state index contributed by atoms with van der Waals surface area (Å²) in [7, 11) is 2.08. The first-order valence-electron chi connectivity index (χ1n) is 8.43. The number of allylic oxidation sites excluding steroid dienone is 1. The van der Waals surface area contributed by atoms with Crippen LogP contribution in [0.25, 0.3) is 0 Å². The van der Waals surface area contributed by atoms with Gasteiger partial charge in [-0.05, 0) is 17.4 Å². The number of hydrogen-bond acceptors (Lipinski definition) is 5. The highest BCUT2D eigenvalue weighted by molar-refractivity contribution is 5.86. The van der Waals surface area contributed by atoms with Gasteiger partial charge in [-0.2, -0.15) is 4.39 Å². The maximum absolute atomic E-state index is 14.1. The Bertz CT molecular complexity index is 836. The van der Waals surface area contributed by atoms with Gasteiger partial charge in [-0.3, -0.25) is 4.79 Å². The molecular formula is C19H19F5O5. The van der Waals surface area contributed by atoms with Crippen LogP contribution in [0.4, 0.5) is 22.0 Å². The lowest BCUT2D eigenvalue weighted by Crippen LogP contribution is -2.15. The summed E-state index contributed by atoms with van der Waals surface area (Å²) in [5.74, 6) is -11.7. The Labute approximate surface area is 163 Å². The highest BCUT2D eigenvalue weighted by atomic mass is 19.2. The van der Waals surface area contributed by atoms with Crippen molar-refractivity contribution in [2.24, 2.45) is 17.3 Å². The molecule has 160 valence electrons. The van der Waals surface area contributed by atoms with Crippen LogP contribution < -0.4 is 0 Å². The van der Waals surface area contributed by atoms with Crippen LogP contribution in [0.1, 0.15) is 25.0 Å². The number of halogens is 5. The predicted molar refractivity (Wildman–Crippen MR) is 88.8 cm³/mol. The van der Waals surface area contributed by atoms with E-state index in [1.807, 2.05) is 0 Å². The van der Waals surface area contributed by atoms with Crippen LogP contribution in [0.3, 0.4) is 0 Å². The zero-order valence-corrected chi connectivity index (χ0v) is 16.1. The van der Waals surface area contributed by atoms with Crippen molar-refractivity contribution >= 4 is 11.9 Å². The molecule has 0 heterocycles. The summed E-state index contributed by atoms with van der Waals surface area (Å²) in [4.78, 5) is 23.4. The summed E-state index contributed by atoms with van der Waals surface area (Å²) in [6.07, 6.45) is 0.901. The molecule has 2 unspecified atom stereocenters. The van der Waals surface area contributed by atoms with Gasteiger partial charge in [0.2, 0.25) is 5.83 Å². The summed E-state index contributed by atoms with van der Waals surface area (Å²) in [6.45, 7) is 1.41. The fourth-order valence-electron chi connectivity index (χ4n) is 3.12.